The van der Waals surface area contributed by atoms with Gasteiger partial charge in [0.15, 0.2) is 0 Å². The molecule has 0 heterocycles. The molecule has 86 valence electrons. The molecule has 3 atom stereocenters. The molecular weight excluding hydrogens is 188 g/mol. The van der Waals surface area contributed by atoms with E-state index in [1.807, 2.05) is 6.92 Å². The summed E-state index contributed by atoms with van der Waals surface area (Å²) in [6.45, 7) is 4.81. The smallest absolute Gasteiger partial charge is 0.0973 e. The van der Waals surface area contributed by atoms with Crippen molar-refractivity contribution in [3.05, 3.63) is 0 Å². The van der Waals surface area contributed by atoms with Crippen LogP contribution in [-0.2, 0) is 4.74 Å². The van der Waals surface area contributed by atoms with Gasteiger partial charge in [-0.3, -0.25) is 0 Å². The van der Waals surface area contributed by atoms with Crippen molar-refractivity contribution in [2.75, 3.05) is 6.61 Å². The molecule has 4 fully saturated rings. The standard InChI is InChI=1S/C13H22O2/c1-3-15-13-7-9-4-10(8-13)6-11(5-9)12(13,2)14/h9-11,14H,3-8H2,1-2H3. The Balaban J connectivity index is 1.97. The molecule has 4 saturated carbocycles. The van der Waals surface area contributed by atoms with E-state index in [1.165, 1.54) is 19.3 Å². The maximum absolute atomic E-state index is 10.7. The molecule has 4 bridgehead atoms. The van der Waals surface area contributed by atoms with Crippen molar-refractivity contribution in [1.29, 1.82) is 0 Å². The molecule has 3 unspecified atom stereocenters. The fraction of sp³-hybridized carbons (Fsp3) is 1.00. The second kappa shape index (κ2) is 2.98. The minimum Gasteiger partial charge on any atom is -0.387 e. The molecule has 4 aliphatic rings. The highest BCUT2D eigenvalue weighted by Crippen LogP contribution is 2.61. The van der Waals surface area contributed by atoms with Crippen LogP contribution in [0.1, 0.15) is 46.0 Å². The van der Waals surface area contributed by atoms with E-state index in [-0.39, 0.29) is 5.60 Å². The van der Waals surface area contributed by atoms with Crippen molar-refractivity contribution in [3.8, 4) is 0 Å². The Labute approximate surface area is 92.0 Å². The third-order valence-corrected chi connectivity index (χ3v) is 5.28. The number of hydrogen-bond acceptors (Lipinski definition) is 2. The van der Waals surface area contributed by atoms with Gasteiger partial charge < -0.3 is 9.84 Å². The molecule has 0 aliphatic heterocycles. The van der Waals surface area contributed by atoms with Gasteiger partial charge in [0.1, 0.15) is 0 Å². The van der Waals surface area contributed by atoms with Crippen molar-refractivity contribution in [3.63, 3.8) is 0 Å². The number of ether oxygens (including phenoxy) is 1. The molecule has 2 nitrogen and oxygen atoms in total. The molecule has 2 heteroatoms. The summed E-state index contributed by atoms with van der Waals surface area (Å²) in [5.74, 6) is 2.15. The fourth-order valence-electron chi connectivity index (χ4n) is 4.70. The second-order valence-electron chi connectivity index (χ2n) is 6.12. The first-order valence-corrected chi connectivity index (χ1v) is 6.44. The Morgan fingerprint density at radius 3 is 2.33 bits per heavy atom. The van der Waals surface area contributed by atoms with Crippen LogP contribution in [0.25, 0.3) is 0 Å². The van der Waals surface area contributed by atoms with Gasteiger partial charge in [0.05, 0.1) is 11.2 Å². The van der Waals surface area contributed by atoms with Crippen LogP contribution in [0, 0.1) is 17.8 Å². The molecule has 0 aromatic carbocycles. The fourth-order valence-corrected chi connectivity index (χ4v) is 4.70. The van der Waals surface area contributed by atoms with Gasteiger partial charge in [-0.15, -0.1) is 0 Å². The Hall–Kier alpha value is -0.0800. The van der Waals surface area contributed by atoms with Crippen molar-refractivity contribution >= 4 is 0 Å². The molecule has 1 N–H and O–H groups in total. The quantitative estimate of drug-likeness (QED) is 0.758. The van der Waals surface area contributed by atoms with Gasteiger partial charge in [-0.2, -0.15) is 0 Å². The van der Waals surface area contributed by atoms with E-state index in [1.54, 1.807) is 0 Å². The SMILES string of the molecule is CCOC12CC3CC(CC(C3)C1(C)O)C2. The summed E-state index contributed by atoms with van der Waals surface area (Å²) < 4.78 is 6.01. The molecule has 0 radical (unpaired) electrons. The van der Waals surface area contributed by atoms with Crippen LogP contribution in [0.4, 0.5) is 0 Å². The highest BCUT2D eigenvalue weighted by atomic mass is 16.5. The van der Waals surface area contributed by atoms with Crippen molar-refractivity contribution in [1.82, 2.24) is 0 Å². The summed E-state index contributed by atoms with van der Waals surface area (Å²) in [4.78, 5) is 0. The summed E-state index contributed by atoms with van der Waals surface area (Å²) in [5, 5.41) is 10.7. The third kappa shape index (κ3) is 1.18. The van der Waals surface area contributed by atoms with E-state index in [0.717, 1.165) is 31.3 Å². The Bertz CT molecular complexity index is 258. The summed E-state index contributed by atoms with van der Waals surface area (Å²) in [6.07, 6.45) is 6.06. The summed E-state index contributed by atoms with van der Waals surface area (Å²) in [5.41, 5.74) is -0.771. The number of hydrogen-bond donors (Lipinski definition) is 1. The normalized spacial score (nSPS) is 57.4. The average Bonchev–Trinajstić information content (AvgIpc) is 2.14. The molecule has 4 rings (SSSR count). The van der Waals surface area contributed by atoms with Crippen LogP contribution in [0.3, 0.4) is 0 Å². The first-order chi connectivity index (χ1) is 7.07. The van der Waals surface area contributed by atoms with Gasteiger partial charge in [0.25, 0.3) is 0 Å². The number of rotatable bonds is 2. The highest BCUT2D eigenvalue weighted by Gasteiger charge is 2.63. The van der Waals surface area contributed by atoms with Gasteiger partial charge >= 0.3 is 0 Å². The van der Waals surface area contributed by atoms with Crippen LogP contribution in [-0.4, -0.2) is 22.9 Å². The van der Waals surface area contributed by atoms with E-state index < -0.39 is 5.60 Å². The van der Waals surface area contributed by atoms with Gasteiger partial charge in [0, 0.05) is 6.61 Å². The van der Waals surface area contributed by atoms with Crippen LogP contribution >= 0.6 is 0 Å². The maximum atomic E-state index is 10.7. The molecule has 4 aliphatic carbocycles. The van der Waals surface area contributed by atoms with Crippen LogP contribution in [0.5, 0.6) is 0 Å². The molecule has 0 amide bonds. The zero-order chi connectivity index (χ0) is 10.7. The third-order valence-electron chi connectivity index (χ3n) is 5.28. The predicted octanol–water partition coefficient (Wildman–Crippen LogP) is 2.35. The first kappa shape index (κ1) is 10.1. The van der Waals surface area contributed by atoms with Gasteiger partial charge in [-0.1, -0.05) is 0 Å². The van der Waals surface area contributed by atoms with Gasteiger partial charge in [-0.05, 0) is 63.7 Å². The van der Waals surface area contributed by atoms with E-state index >= 15 is 0 Å². The zero-order valence-electron chi connectivity index (χ0n) is 9.83. The van der Waals surface area contributed by atoms with Gasteiger partial charge in [0.2, 0.25) is 0 Å². The molecular formula is C13H22O2. The Kier molecular flexibility index (Phi) is 2.01. The molecule has 0 aromatic heterocycles. The van der Waals surface area contributed by atoms with Crippen LogP contribution < -0.4 is 0 Å². The molecule has 15 heavy (non-hydrogen) atoms. The Morgan fingerprint density at radius 2 is 1.80 bits per heavy atom. The van der Waals surface area contributed by atoms with E-state index in [0.29, 0.717) is 5.92 Å². The lowest BCUT2D eigenvalue weighted by Gasteiger charge is -2.63. The maximum Gasteiger partial charge on any atom is 0.0973 e. The predicted molar refractivity (Wildman–Crippen MR) is 58.5 cm³/mol. The summed E-state index contributed by atoms with van der Waals surface area (Å²) >= 11 is 0. The molecule has 0 aromatic rings. The zero-order valence-corrected chi connectivity index (χ0v) is 9.83. The minimum atomic E-state index is -0.573. The van der Waals surface area contributed by atoms with E-state index in [9.17, 15) is 5.11 Å². The minimum absolute atomic E-state index is 0.198. The molecule has 0 saturated heterocycles. The first-order valence-electron chi connectivity index (χ1n) is 6.44. The largest absolute Gasteiger partial charge is 0.387 e. The summed E-state index contributed by atoms with van der Waals surface area (Å²) in [6, 6.07) is 0. The van der Waals surface area contributed by atoms with Crippen molar-refractivity contribution < 1.29 is 9.84 Å². The van der Waals surface area contributed by atoms with Crippen molar-refractivity contribution in [2.24, 2.45) is 17.8 Å². The van der Waals surface area contributed by atoms with Crippen molar-refractivity contribution in [2.45, 2.75) is 57.2 Å². The van der Waals surface area contributed by atoms with E-state index in [2.05, 4.69) is 6.92 Å². The van der Waals surface area contributed by atoms with E-state index in [4.69, 9.17) is 4.74 Å². The Morgan fingerprint density at radius 1 is 1.20 bits per heavy atom. The number of aliphatic hydroxyl groups is 1. The lowest BCUT2D eigenvalue weighted by atomic mass is 9.48. The lowest BCUT2D eigenvalue weighted by molar-refractivity contribution is -0.276. The topological polar surface area (TPSA) is 29.5 Å². The van der Waals surface area contributed by atoms with Gasteiger partial charge in [-0.25, -0.2) is 0 Å². The second-order valence-corrected chi connectivity index (χ2v) is 6.12. The van der Waals surface area contributed by atoms with Crippen LogP contribution in [0.15, 0.2) is 0 Å². The lowest BCUT2D eigenvalue weighted by Crippen LogP contribution is -2.68. The average molecular weight is 210 g/mol. The van der Waals surface area contributed by atoms with Crippen LogP contribution in [0.2, 0.25) is 0 Å². The molecule has 0 spiro atoms. The highest BCUT2D eigenvalue weighted by molar-refractivity contribution is 5.14. The summed E-state index contributed by atoms with van der Waals surface area (Å²) in [7, 11) is 0. The monoisotopic (exact) mass is 210 g/mol.